The molecule has 1 fully saturated rings. The zero-order valence-electron chi connectivity index (χ0n) is 19.0. The fraction of sp³-hybridized carbons (Fsp3) is 0.455. The predicted octanol–water partition coefficient (Wildman–Crippen LogP) is 2.05. The smallest absolute Gasteiger partial charge is 0.241 e. The van der Waals surface area contributed by atoms with E-state index in [2.05, 4.69) is 9.62 Å². The van der Waals surface area contributed by atoms with Crippen LogP contribution in [0.3, 0.4) is 0 Å². The van der Waals surface area contributed by atoms with Crippen molar-refractivity contribution in [2.24, 2.45) is 0 Å². The SMILES string of the molecule is COc1ccc(N2CCN(S(=O)(=O)CCNS(=O)(=O)c3c(C)cc(C)cc3C)CC2)cc1. The molecule has 176 valence electrons. The zero-order valence-corrected chi connectivity index (χ0v) is 20.6. The number of anilines is 1. The van der Waals surface area contributed by atoms with E-state index in [9.17, 15) is 16.8 Å². The lowest BCUT2D eigenvalue weighted by Gasteiger charge is -2.35. The van der Waals surface area contributed by atoms with Crippen LogP contribution in [0.1, 0.15) is 16.7 Å². The highest BCUT2D eigenvalue weighted by molar-refractivity contribution is 7.90. The molecule has 1 aliphatic rings. The summed E-state index contributed by atoms with van der Waals surface area (Å²) in [6, 6.07) is 11.3. The van der Waals surface area contributed by atoms with Crippen molar-refractivity contribution in [3.8, 4) is 5.75 Å². The molecular formula is C22H31N3O5S2. The van der Waals surface area contributed by atoms with E-state index < -0.39 is 20.0 Å². The second-order valence-corrected chi connectivity index (χ2v) is 11.8. The summed E-state index contributed by atoms with van der Waals surface area (Å²) in [5, 5.41) is 0. The number of ether oxygens (including phenoxy) is 1. The highest BCUT2D eigenvalue weighted by atomic mass is 32.2. The van der Waals surface area contributed by atoms with Crippen LogP contribution in [0.4, 0.5) is 5.69 Å². The van der Waals surface area contributed by atoms with Crippen molar-refractivity contribution >= 4 is 25.7 Å². The van der Waals surface area contributed by atoms with Crippen molar-refractivity contribution in [2.45, 2.75) is 25.7 Å². The van der Waals surface area contributed by atoms with Gasteiger partial charge in [0.1, 0.15) is 5.75 Å². The third-order valence-electron chi connectivity index (χ3n) is 5.60. The van der Waals surface area contributed by atoms with Crippen LogP contribution in [0.15, 0.2) is 41.3 Å². The van der Waals surface area contributed by atoms with Gasteiger partial charge in [0, 0.05) is 38.4 Å². The molecule has 2 aromatic carbocycles. The van der Waals surface area contributed by atoms with Crippen molar-refractivity contribution in [1.29, 1.82) is 0 Å². The van der Waals surface area contributed by atoms with Crippen LogP contribution in [0.5, 0.6) is 5.75 Å². The summed E-state index contributed by atoms with van der Waals surface area (Å²) in [7, 11) is -5.75. The monoisotopic (exact) mass is 481 g/mol. The molecule has 1 saturated heterocycles. The Bertz CT molecular complexity index is 1130. The lowest BCUT2D eigenvalue weighted by molar-refractivity contribution is 0.384. The third kappa shape index (κ3) is 5.61. The number of benzene rings is 2. The molecule has 8 nitrogen and oxygen atoms in total. The van der Waals surface area contributed by atoms with Gasteiger partial charge in [-0.15, -0.1) is 0 Å². The standard InChI is InChI=1S/C22H31N3O5S2/c1-17-15-18(2)22(19(3)16-17)32(28,29)23-9-14-31(26,27)25-12-10-24(11-13-25)20-5-7-21(30-4)8-6-20/h5-8,15-16,23H,9-14H2,1-4H3. The first-order chi connectivity index (χ1) is 15.0. The van der Waals surface area contributed by atoms with Gasteiger partial charge in [0.25, 0.3) is 0 Å². The number of hydrogen-bond acceptors (Lipinski definition) is 6. The minimum absolute atomic E-state index is 0.171. The van der Waals surface area contributed by atoms with Crippen molar-refractivity contribution < 1.29 is 21.6 Å². The summed E-state index contributed by atoms with van der Waals surface area (Å²) in [4.78, 5) is 2.34. The second kappa shape index (κ2) is 9.78. The van der Waals surface area contributed by atoms with E-state index in [-0.39, 0.29) is 17.2 Å². The fourth-order valence-corrected chi connectivity index (χ4v) is 7.06. The molecule has 0 unspecified atom stereocenters. The van der Waals surface area contributed by atoms with Crippen LogP contribution >= 0.6 is 0 Å². The molecule has 0 saturated carbocycles. The van der Waals surface area contributed by atoms with Gasteiger partial charge in [0.2, 0.25) is 20.0 Å². The summed E-state index contributed by atoms with van der Waals surface area (Å²) in [5.74, 6) is 0.493. The van der Waals surface area contributed by atoms with E-state index in [0.29, 0.717) is 37.3 Å². The van der Waals surface area contributed by atoms with Gasteiger partial charge in [-0.3, -0.25) is 0 Å². The molecule has 2 aromatic rings. The Morgan fingerprint density at radius 2 is 1.47 bits per heavy atom. The first kappa shape index (κ1) is 24.5. The maximum atomic E-state index is 12.8. The van der Waals surface area contributed by atoms with Gasteiger partial charge in [0.15, 0.2) is 0 Å². The molecule has 0 aliphatic carbocycles. The maximum Gasteiger partial charge on any atom is 0.241 e. The molecule has 0 atom stereocenters. The zero-order chi connectivity index (χ0) is 23.5. The Morgan fingerprint density at radius 1 is 0.906 bits per heavy atom. The highest BCUT2D eigenvalue weighted by Gasteiger charge is 2.28. The Labute approximate surface area is 191 Å². The van der Waals surface area contributed by atoms with Crippen LogP contribution in [-0.2, 0) is 20.0 Å². The van der Waals surface area contributed by atoms with Crippen LogP contribution in [0, 0.1) is 20.8 Å². The minimum Gasteiger partial charge on any atom is -0.497 e. The minimum atomic E-state index is -3.79. The van der Waals surface area contributed by atoms with Gasteiger partial charge in [-0.05, 0) is 56.2 Å². The molecule has 10 heteroatoms. The quantitative estimate of drug-likeness (QED) is 0.620. The molecule has 0 spiro atoms. The maximum absolute atomic E-state index is 12.8. The molecule has 32 heavy (non-hydrogen) atoms. The van der Waals surface area contributed by atoms with Gasteiger partial charge >= 0.3 is 0 Å². The predicted molar refractivity (Wildman–Crippen MR) is 126 cm³/mol. The summed E-state index contributed by atoms with van der Waals surface area (Å²) in [6.45, 7) is 7.08. The van der Waals surface area contributed by atoms with Crippen LogP contribution in [-0.4, -0.2) is 66.7 Å². The number of aryl methyl sites for hydroxylation is 3. The first-order valence-corrected chi connectivity index (χ1v) is 13.6. The highest BCUT2D eigenvalue weighted by Crippen LogP contribution is 2.23. The number of nitrogens with one attached hydrogen (secondary N) is 1. The van der Waals surface area contributed by atoms with Gasteiger partial charge in [-0.1, -0.05) is 17.7 Å². The summed E-state index contributed by atoms with van der Waals surface area (Å²) in [6.07, 6.45) is 0. The number of rotatable bonds is 8. The van der Waals surface area contributed by atoms with E-state index in [4.69, 9.17) is 4.74 Å². The summed E-state index contributed by atoms with van der Waals surface area (Å²) in [5.41, 5.74) is 3.29. The van der Waals surface area contributed by atoms with Gasteiger partial charge < -0.3 is 9.64 Å². The average molecular weight is 482 g/mol. The number of methoxy groups -OCH3 is 1. The second-order valence-electron chi connectivity index (χ2n) is 8.03. The van der Waals surface area contributed by atoms with Crippen molar-refractivity contribution in [2.75, 3.05) is 50.5 Å². The van der Waals surface area contributed by atoms with Crippen LogP contribution in [0.25, 0.3) is 0 Å². The Balaban J connectivity index is 1.57. The number of sulfonamides is 2. The number of hydrogen-bond donors (Lipinski definition) is 1. The van der Waals surface area contributed by atoms with E-state index in [1.165, 1.54) is 4.31 Å². The van der Waals surface area contributed by atoms with E-state index in [0.717, 1.165) is 17.0 Å². The van der Waals surface area contributed by atoms with Gasteiger partial charge in [-0.25, -0.2) is 21.6 Å². The van der Waals surface area contributed by atoms with Gasteiger partial charge in [0.05, 0.1) is 17.8 Å². The van der Waals surface area contributed by atoms with Gasteiger partial charge in [-0.2, -0.15) is 4.31 Å². The number of piperazine rings is 1. The molecule has 0 radical (unpaired) electrons. The van der Waals surface area contributed by atoms with E-state index in [1.54, 1.807) is 33.1 Å². The van der Waals surface area contributed by atoms with Crippen molar-refractivity contribution in [1.82, 2.24) is 9.03 Å². The van der Waals surface area contributed by atoms with Crippen molar-refractivity contribution in [3.05, 3.63) is 53.1 Å². The Hall–Kier alpha value is -2.14. The molecule has 0 aromatic heterocycles. The lowest BCUT2D eigenvalue weighted by Crippen LogP contribution is -2.50. The summed E-state index contributed by atoms with van der Waals surface area (Å²) >= 11 is 0. The molecule has 0 bridgehead atoms. The average Bonchev–Trinajstić information content (AvgIpc) is 2.72. The molecule has 1 aliphatic heterocycles. The Kier molecular flexibility index (Phi) is 7.49. The fourth-order valence-electron chi connectivity index (χ4n) is 4.11. The normalized spacial score (nSPS) is 15.7. The topological polar surface area (TPSA) is 96.0 Å². The molecular weight excluding hydrogens is 450 g/mol. The van der Waals surface area contributed by atoms with E-state index in [1.807, 2.05) is 31.2 Å². The Morgan fingerprint density at radius 3 is 2.00 bits per heavy atom. The lowest BCUT2D eigenvalue weighted by atomic mass is 10.1. The van der Waals surface area contributed by atoms with Crippen molar-refractivity contribution in [3.63, 3.8) is 0 Å². The van der Waals surface area contributed by atoms with Crippen LogP contribution in [0.2, 0.25) is 0 Å². The first-order valence-electron chi connectivity index (χ1n) is 10.5. The largest absolute Gasteiger partial charge is 0.497 e. The molecule has 3 rings (SSSR count). The molecule has 1 heterocycles. The van der Waals surface area contributed by atoms with Crippen LogP contribution < -0.4 is 14.4 Å². The summed E-state index contributed by atoms with van der Waals surface area (Å²) < 4.78 is 60.1. The molecule has 0 amide bonds. The molecule has 1 N–H and O–H groups in total. The third-order valence-corrected chi connectivity index (χ3v) is 9.23. The number of nitrogens with zero attached hydrogens (tertiary/aromatic N) is 2. The van der Waals surface area contributed by atoms with E-state index >= 15 is 0 Å².